The minimum atomic E-state index is -1.04. The van der Waals surface area contributed by atoms with E-state index in [1.165, 1.54) is 19.4 Å². The summed E-state index contributed by atoms with van der Waals surface area (Å²) in [5, 5.41) is 10.6. The summed E-state index contributed by atoms with van der Waals surface area (Å²) in [6.07, 6.45) is 3.11. The maximum Gasteiger partial charge on any atom is 0.323 e. The van der Waals surface area contributed by atoms with E-state index in [0.29, 0.717) is 68.4 Å². The zero-order chi connectivity index (χ0) is 43.4. The Labute approximate surface area is 352 Å². The number of carbonyl (C=O) groups is 2. The standard InChI is InChI=1S/C23H20N4O4.C22H16F2N4O3/c1-29-17-7-3-15(4-8-17)25-23(28)26-16-5-9-18(10-6-16)31-19-11-12-20-21(13-19)27-22(30-2)14-24-20;1-30-21-12-25-19-9-7-16(11-20(19)28-21)31-15-5-2-13(3-6-15)26-22(29)27-14-4-8-17(23)18(24)10-14/h3-14H,1-2H3,(H2,25,26,28);2-12H,1H3,(H2,26,27,29). The molecule has 0 bridgehead atoms. The van der Waals surface area contributed by atoms with E-state index in [1.54, 1.807) is 117 Å². The lowest BCUT2D eigenvalue weighted by molar-refractivity contribution is 0.261. The van der Waals surface area contributed by atoms with Gasteiger partial charge in [-0.05, 0) is 109 Å². The van der Waals surface area contributed by atoms with E-state index in [-0.39, 0.29) is 11.7 Å². The summed E-state index contributed by atoms with van der Waals surface area (Å²) < 4.78 is 53.2. The predicted octanol–water partition coefficient (Wildman–Crippen LogP) is 10.4. The normalized spacial score (nSPS) is 10.5. The average molecular weight is 839 g/mol. The number of carbonyl (C=O) groups excluding carboxylic acids is 2. The lowest BCUT2D eigenvalue weighted by atomic mass is 10.2. The van der Waals surface area contributed by atoms with Gasteiger partial charge in [-0.3, -0.25) is 0 Å². The molecule has 0 unspecified atom stereocenters. The molecule has 0 aliphatic heterocycles. The van der Waals surface area contributed by atoms with Gasteiger partial charge in [-0.1, -0.05) is 0 Å². The minimum Gasteiger partial charge on any atom is -0.497 e. The van der Waals surface area contributed by atoms with E-state index < -0.39 is 17.7 Å². The van der Waals surface area contributed by atoms with Gasteiger partial charge in [0, 0.05) is 40.9 Å². The fourth-order valence-corrected chi connectivity index (χ4v) is 5.59. The van der Waals surface area contributed by atoms with Crippen molar-refractivity contribution in [3.05, 3.63) is 151 Å². The van der Waals surface area contributed by atoms with Gasteiger partial charge in [-0.2, -0.15) is 0 Å². The second-order valence-corrected chi connectivity index (χ2v) is 12.9. The highest BCUT2D eigenvalue weighted by Gasteiger charge is 2.09. The summed E-state index contributed by atoms with van der Waals surface area (Å²) in [5.41, 5.74) is 4.67. The van der Waals surface area contributed by atoms with Crippen LogP contribution in [0, 0.1) is 11.6 Å². The molecule has 4 amide bonds. The van der Waals surface area contributed by atoms with Crippen molar-refractivity contribution in [2.45, 2.75) is 0 Å². The van der Waals surface area contributed by atoms with Crippen molar-refractivity contribution in [1.82, 2.24) is 19.9 Å². The third kappa shape index (κ3) is 11.1. The molecule has 0 spiro atoms. The van der Waals surface area contributed by atoms with Crippen LogP contribution in [0.5, 0.6) is 40.5 Å². The topological polar surface area (TPSA) is 180 Å². The number of hydrogen-bond donors (Lipinski definition) is 4. The van der Waals surface area contributed by atoms with Gasteiger partial charge in [0.2, 0.25) is 11.8 Å². The maximum atomic E-state index is 13.2. The number of rotatable bonds is 11. The van der Waals surface area contributed by atoms with Crippen molar-refractivity contribution >= 4 is 56.9 Å². The van der Waals surface area contributed by atoms with Gasteiger partial charge in [0.15, 0.2) is 11.6 Å². The summed E-state index contributed by atoms with van der Waals surface area (Å²) in [5.74, 6) is 1.88. The van der Waals surface area contributed by atoms with Crippen molar-refractivity contribution in [2.24, 2.45) is 0 Å². The maximum absolute atomic E-state index is 13.2. The third-order valence-electron chi connectivity index (χ3n) is 8.62. The molecule has 0 fully saturated rings. The van der Waals surface area contributed by atoms with Crippen LogP contribution in [0.3, 0.4) is 0 Å². The van der Waals surface area contributed by atoms with Crippen LogP contribution in [0.15, 0.2) is 140 Å². The number of methoxy groups -OCH3 is 3. The van der Waals surface area contributed by atoms with Gasteiger partial charge < -0.3 is 45.0 Å². The van der Waals surface area contributed by atoms with Gasteiger partial charge in [0.25, 0.3) is 0 Å². The van der Waals surface area contributed by atoms with Gasteiger partial charge in [0.05, 0.1) is 55.8 Å². The van der Waals surface area contributed by atoms with Crippen molar-refractivity contribution in [1.29, 1.82) is 0 Å². The van der Waals surface area contributed by atoms with E-state index in [1.807, 2.05) is 12.1 Å². The molecule has 0 aliphatic rings. The highest BCUT2D eigenvalue weighted by atomic mass is 19.2. The smallest absolute Gasteiger partial charge is 0.323 e. The first kappa shape index (κ1) is 41.6. The Hall–Kier alpha value is -8.60. The number of nitrogens with one attached hydrogen (secondary N) is 4. The van der Waals surface area contributed by atoms with Crippen LogP contribution >= 0.6 is 0 Å². The molecule has 8 rings (SSSR count). The Morgan fingerprint density at radius 3 is 1.21 bits per heavy atom. The van der Waals surface area contributed by atoms with Gasteiger partial charge >= 0.3 is 12.1 Å². The molecule has 15 nitrogen and oxygen atoms in total. The number of nitrogens with zero attached hydrogens (tertiary/aromatic N) is 4. The largest absolute Gasteiger partial charge is 0.497 e. The van der Waals surface area contributed by atoms with Gasteiger partial charge in [0.1, 0.15) is 28.7 Å². The first-order chi connectivity index (χ1) is 30.1. The van der Waals surface area contributed by atoms with Crippen LogP contribution in [-0.2, 0) is 0 Å². The summed E-state index contributed by atoms with van der Waals surface area (Å²) in [7, 11) is 4.65. The SMILES string of the molecule is COc1ccc(NC(=O)Nc2ccc(Oc3ccc4ncc(OC)nc4c3)cc2)cc1.COc1cnc2ccc(Oc3ccc(NC(=O)Nc4ccc(F)c(F)c4)cc3)cc2n1. The van der Waals surface area contributed by atoms with Crippen LogP contribution in [0.1, 0.15) is 0 Å². The Kier molecular flexibility index (Phi) is 13.0. The highest BCUT2D eigenvalue weighted by Crippen LogP contribution is 2.28. The Morgan fingerprint density at radius 2 is 0.806 bits per heavy atom. The number of amides is 4. The number of ether oxygens (including phenoxy) is 5. The summed E-state index contributed by atoms with van der Waals surface area (Å²) in [6, 6.07) is 33.7. The monoisotopic (exact) mass is 838 g/mol. The number of aromatic nitrogens is 4. The van der Waals surface area contributed by atoms with Crippen molar-refractivity contribution < 1.29 is 42.1 Å². The molecule has 0 atom stereocenters. The summed E-state index contributed by atoms with van der Waals surface area (Å²) in [6.45, 7) is 0. The number of halogens is 2. The molecule has 8 aromatic rings. The zero-order valence-corrected chi connectivity index (χ0v) is 33.2. The van der Waals surface area contributed by atoms with Gasteiger partial charge in [-0.25, -0.2) is 38.3 Å². The number of hydrogen-bond acceptors (Lipinski definition) is 11. The fourth-order valence-electron chi connectivity index (χ4n) is 5.59. The molecule has 2 aromatic heterocycles. The van der Waals surface area contributed by atoms with Crippen molar-refractivity contribution in [2.75, 3.05) is 42.6 Å². The Bertz CT molecular complexity index is 2830. The Morgan fingerprint density at radius 1 is 0.419 bits per heavy atom. The van der Waals surface area contributed by atoms with Crippen LogP contribution in [0.4, 0.5) is 41.1 Å². The lowest BCUT2D eigenvalue weighted by Crippen LogP contribution is -2.19. The van der Waals surface area contributed by atoms with E-state index in [2.05, 4.69) is 41.2 Å². The minimum absolute atomic E-state index is 0.132. The predicted molar refractivity (Wildman–Crippen MR) is 230 cm³/mol. The molecule has 2 heterocycles. The molecule has 6 aromatic carbocycles. The van der Waals surface area contributed by atoms with E-state index in [9.17, 15) is 18.4 Å². The van der Waals surface area contributed by atoms with E-state index >= 15 is 0 Å². The summed E-state index contributed by atoms with van der Waals surface area (Å²) >= 11 is 0. The second-order valence-electron chi connectivity index (χ2n) is 12.9. The van der Waals surface area contributed by atoms with Gasteiger partial charge in [-0.15, -0.1) is 0 Å². The first-order valence-corrected chi connectivity index (χ1v) is 18.6. The van der Waals surface area contributed by atoms with Crippen LogP contribution < -0.4 is 45.0 Å². The number of urea groups is 2. The van der Waals surface area contributed by atoms with Crippen molar-refractivity contribution in [3.8, 4) is 40.5 Å². The van der Waals surface area contributed by atoms with E-state index in [4.69, 9.17) is 23.7 Å². The molecule has 4 N–H and O–H groups in total. The molecule has 0 radical (unpaired) electrons. The molecule has 312 valence electrons. The number of fused-ring (bicyclic) bond motifs is 2. The highest BCUT2D eigenvalue weighted by molar-refractivity contribution is 6.00. The molecule has 62 heavy (non-hydrogen) atoms. The Balaban J connectivity index is 0.000000186. The summed E-state index contributed by atoms with van der Waals surface area (Å²) in [4.78, 5) is 41.4. The molecule has 0 aliphatic carbocycles. The zero-order valence-electron chi connectivity index (χ0n) is 33.2. The van der Waals surface area contributed by atoms with Crippen LogP contribution in [0.25, 0.3) is 22.1 Å². The lowest BCUT2D eigenvalue weighted by Gasteiger charge is -2.10. The van der Waals surface area contributed by atoms with E-state index in [0.717, 1.165) is 23.4 Å². The molecule has 17 heteroatoms. The van der Waals surface area contributed by atoms with Crippen molar-refractivity contribution in [3.63, 3.8) is 0 Å². The number of anilines is 4. The van der Waals surface area contributed by atoms with Crippen LogP contribution in [-0.4, -0.2) is 53.3 Å². The first-order valence-electron chi connectivity index (χ1n) is 18.6. The fraction of sp³-hybridized carbons (Fsp3) is 0.0667. The molecular weight excluding hydrogens is 803 g/mol. The molecule has 0 saturated heterocycles. The average Bonchev–Trinajstić information content (AvgIpc) is 3.29. The molecule has 0 saturated carbocycles. The van der Waals surface area contributed by atoms with Crippen LogP contribution in [0.2, 0.25) is 0 Å². The molecular formula is C45H36F2N8O7. The quantitative estimate of drug-likeness (QED) is 0.0973. The third-order valence-corrected chi connectivity index (χ3v) is 8.62. The number of benzene rings is 6. The second kappa shape index (κ2) is 19.4.